The Morgan fingerprint density at radius 3 is 2.65 bits per heavy atom. The zero-order valence-corrected chi connectivity index (χ0v) is 15.7. The summed E-state index contributed by atoms with van der Waals surface area (Å²) in [5.41, 5.74) is 2.35. The van der Waals surface area contributed by atoms with Crippen LogP contribution in [0.1, 0.15) is 24.0 Å². The molecule has 0 bridgehead atoms. The summed E-state index contributed by atoms with van der Waals surface area (Å²) >= 11 is 0. The van der Waals surface area contributed by atoms with Crippen LogP contribution in [0.15, 0.2) is 54.6 Å². The lowest BCUT2D eigenvalue weighted by Gasteiger charge is -2.34. The Labute approximate surface area is 156 Å². The topological polar surface area (TPSA) is 32.8 Å². The van der Waals surface area contributed by atoms with Crippen LogP contribution >= 0.6 is 0 Å². The predicted octanol–water partition coefficient (Wildman–Crippen LogP) is 3.57. The first-order valence-corrected chi connectivity index (χ1v) is 9.30. The standard InChI is InChI=1S/C22H28N2O2/c1-23(16-19-11-6-7-13-21(19)26-2)22(25)20-12-8-14-24(17-20)15-18-9-4-3-5-10-18/h3-7,9-11,13,20H,8,12,14-17H2,1-2H3. The van der Waals surface area contributed by atoms with E-state index in [4.69, 9.17) is 4.74 Å². The van der Waals surface area contributed by atoms with Crippen LogP contribution in [0.4, 0.5) is 0 Å². The van der Waals surface area contributed by atoms with Crippen molar-refractivity contribution in [1.82, 2.24) is 9.80 Å². The molecule has 0 saturated carbocycles. The van der Waals surface area contributed by atoms with Crippen molar-refractivity contribution in [3.63, 3.8) is 0 Å². The van der Waals surface area contributed by atoms with E-state index in [2.05, 4.69) is 29.2 Å². The molecule has 0 spiro atoms. The predicted molar refractivity (Wildman–Crippen MR) is 104 cm³/mol. The lowest BCUT2D eigenvalue weighted by molar-refractivity contribution is -0.136. The maximum Gasteiger partial charge on any atom is 0.227 e. The van der Waals surface area contributed by atoms with Crippen LogP contribution in [0.3, 0.4) is 0 Å². The molecule has 4 nitrogen and oxygen atoms in total. The van der Waals surface area contributed by atoms with Gasteiger partial charge in [-0.3, -0.25) is 9.69 Å². The smallest absolute Gasteiger partial charge is 0.227 e. The van der Waals surface area contributed by atoms with Crippen LogP contribution in [0.5, 0.6) is 5.75 Å². The summed E-state index contributed by atoms with van der Waals surface area (Å²) in [6.07, 6.45) is 2.05. The molecule has 4 heteroatoms. The minimum absolute atomic E-state index is 0.0761. The van der Waals surface area contributed by atoms with E-state index >= 15 is 0 Å². The van der Waals surface area contributed by atoms with Gasteiger partial charge in [-0.1, -0.05) is 48.5 Å². The highest BCUT2D eigenvalue weighted by atomic mass is 16.5. The molecule has 1 amide bonds. The molecule has 138 valence electrons. The number of ether oxygens (including phenoxy) is 1. The van der Waals surface area contributed by atoms with Crippen LogP contribution in [0.2, 0.25) is 0 Å². The summed E-state index contributed by atoms with van der Waals surface area (Å²) in [7, 11) is 3.56. The molecule has 1 unspecified atom stereocenters. The second kappa shape index (κ2) is 8.86. The van der Waals surface area contributed by atoms with E-state index in [1.807, 2.05) is 42.3 Å². The van der Waals surface area contributed by atoms with Crippen LogP contribution in [0, 0.1) is 5.92 Å². The van der Waals surface area contributed by atoms with Gasteiger partial charge in [0.2, 0.25) is 5.91 Å². The normalized spacial score (nSPS) is 17.7. The Hall–Kier alpha value is -2.33. The van der Waals surface area contributed by atoms with E-state index in [-0.39, 0.29) is 11.8 Å². The van der Waals surface area contributed by atoms with E-state index in [0.29, 0.717) is 6.54 Å². The summed E-state index contributed by atoms with van der Waals surface area (Å²) in [4.78, 5) is 17.2. The van der Waals surface area contributed by atoms with Gasteiger partial charge >= 0.3 is 0 Å². The maximum atomic E-state index is 13.0. The van der Waals surface area contributed by atoms with Crippen molar-refractivity contribution in [2.75, 3.05) is 27.2 Å². The first-order chi connectivity index (χ1) is 12.7. The Bertz CT molecular complexity index is 717. The van der Waals surface area contributed by atoms with E-state index in [9.17, 15) is 4.79 Å². The van der Waals surface area contributed by atoms with Gasteiger partial charge in [-0.05, 0) is 31.0 Å². The molecule has 1 aliphatic rings. The molecule has 3 rings (SSSR count). The number of benzene rings is 2. The number of likely N-dealkylation sites (tertiary alicyclic amines) is 1. The second-order valence-electron chi connectivity index (χ2n) is 7.07. The lowest BCUT2D eigenvalue weighted by atomic mass is 9.96. The third kappa shape index (κ3) is 4.64. The van der Waals surface area contributed by atoms with Gasteiger partial charge in [0.05, 0.1) is 13.0 Å². The third-order valence-electron chi connectivity index (χ3n) is 5.08. The number of methoxy groups -OCH3 is 1. The Kier molecular flexibility index (Phi) is 6.29. The number of nitrogens with zero attached hydrogens (tertiary/aromatic N) is 2. The Balaban J connectivity index is 1.59. The minimum Gasteiger partial charge on any atom is -0.496 e. The zero-order valence-electron chi connectivity index (χ0n) is 15.7. The van der Waals surface area contributed by atoms with Gasteiger partial charge in [-0.15, -0.1) is 0 Å². The van der Waals surface area contributed by atoms with Crippen LogP contribution in [0.25, 0.3) is 0 Å². The van der Waals surface area contributed by atoms with Crippen molar-refractivity contribution >= 4 is 5.91 Å². The van der Waals surface area contributed by atoms with Gasteiger partial charge in [0.1, 0.15) is 5.75 Å². The molecule has 2 aromatic rings. The largest absolute Gasteiger partial charge is 0.496 e. The Morgan fingerprint density at radius 2 is 1.88 bits per heavy atom. The molecule has 1 fully saturated rings. The van der Waals surface area contributed by atoms with Crippen LogP contribution in [-0.2, 0) is 17.9 Å². The van der Waals surface area contributed by atoms with Crippen molar-refractivity contribution in [1.29, 1.82) is 0 Å². The first-order valence-electron chi connectivity index (χ1n) is 9.30. The number of carbonyl (C=O) groups is 1. The highest BCUT2D eigenvalue weighted by Gasteiger charge is 2.28. The molecule has 0 aromatic heterocycles. The molecule has 2 aromatic carbocycles. The average Bonchev–Trinajstić information content (AvgIpc) is 2.69. The summed E-state index contributed by atoms with van der Waals surface area (Å²) < 4.78 is 5.41. The fourth-order valence-electron chi connectivity index (χ4n) is 3.72. The SMILES string of the molecule is COc1ccccc1CN(C)C(=O)C1CCCN(Cc2ccccc2)C1. The van der Waals surface area contributed by atoms with E-state index in [1.165, 1.54) is 5.56 Å². The highest BCUT2D eigenvalue weighted by Crippen LogP contribution is 2.23. The lowest BCUT2D eigenvalue weighted by Crippen LogP contribution is -2.43. The van der Waals surface area contributed by atoms with E-state index in [1.54, 1.807) is 7.11 Å². The first kappa shape index (κ1) is 18.5. The van der Waals surface area contributed by atoms with Crippen molar-refractivity contribution in [2.24, 2.45) is 5.92 Å². The van der Waals surface area contributed by atoms with Crippen LogP contribution < -0.4 is 4.74 Å². The van der Waals surface area contributed by atoms with E-state index < -0.39 is 0 Å². The summed E-state index contributed by atoms with van der Waals surface area (Å²) in [5.74, 6) is 1.14. The summed E-state index contributed by atoms with van der Waals surface area (Å²) in [6.45, 7) is 3.40. The van der Waals surface area contributed by atoms with Crippen molar-refractivity contribution in [2.45, 2.75) is 25.9 Å². The molecule has 1 atom stereocenters. The molecule has 1 saturated heterocycles. The number of amides is 1. The van der Waals surface area contributed by atoms with E-state index in [0.717, 1.165) is 43.8 Å². The highest BCUT2D eigenvalue weighted by molar-refractivity contribution is 5.79. The van der Waals surface area contributed by atoms with Gasteiger partial charge in [0, 0.05) is 32.2 Å². The van der Waals surface area contributed by atoms with Gasteiger partial charge in [0.25, 0.3) is 0 Å². The molecule has 0 N–H and O–H groups in total. The van der Waals surface area contributed by atoms with Crippen molar-refractivity contribution < 1.29 is 9.53 Å². The fraction of sp³-hybridized carbons (Fsp3) is 0.409. The molecule has 0 radical (unpaired) electrons. The zero-order chi connectivity index (χ0) is 18.4. The van der Waals surface area contributed by atoms with Crippen molar-refractivity contribution in [3.05, 3.63) is 65.7 Å². The second-order valence-corrected chi connectivity index (χ2v) is 7.07. The third-order valence-corrected chi connectivity index (χ3v) is 5.08. The minimum atomic E-state index is 0.0761. The molecule has 26 heavy (non-hydrogen) atoms. The fourth-order valence-corrected chi connectivity index (χ4v) is 3.72. The Morgan fingerprint density at radius 1 is 1.15 bits per heavy atom. The van der Waals surface area contributed by atoms with Crippen LogP contribution in [-0.4, -0.2) is 43.0 Å². The number of carbonyl (C=O) groups excluding carboxylic acids is 1. The van der Waals surface area contributed by atoms with Gasteiger partial charge < -0.3 is 9.64 Å². The number of rotatable bonds is 6. The number of para-hydroxylation sites is 1. The average molecular weight is 352 g/mol. The molecule has 1 aliphatic heterocycles. The summed E-state index contributed by atoms with van der Waals surface area (Å²) in [6, 6.07) is 18.4. The quantitative estimate of drug-likeness (QED) is 0.797. The molecular formula is C22H28N2O2. The monoisotopic (exact) mass is 352 g/mol. The molecular weight excluding hydrogens is 324 g/mol. The molecule has 1 heterocycles. The number of hydrogen-bond acceptors (Lipinski definition) is 3. The number of piperidine rings is 1. The number of hydrogen-bond donors (Lipinski definition) is 0. The molecule has 0 aliphatic carbocycles. The van der Waals surface area contributed by atoms with Gasteiger partial charge in [-0.2, -0.15) is 0 Å². The van der Waals surface area contributed by atoms with Gasteiger partial charge in [-0.25, -0.2) is 0 Å². The summed E-state index contributed by atoms with van der Waals surface area (Å²) in [5, 5.41) is 0. The van der Waals surface area contributed by atoms with Gasteiger partial charge in [0.15, 0.2) is 0 Å². The van der Waals surface area contributed by atoms with Crippen molar-refractivity contribution in [3.8, 4) is 5.75 Å². The maximum absolute atomic E-state index is 13.0.